The Kier molecular flexibility index (Phi) is 6.12. The Balaban J connectivity index is 1.27. The van der Waals surface area contributed by atoms with E-state index in [2.05, 4.69) is 10.8 Å². The van der Waals surface area contributed by atoms with E-state index >= 15 is 0 Å². The summed E-state index contributed by atoms with van der Waals surface area (Å²) in [7, 11) is -4.28. The van der Waals surface area contributed by atoms with Crippen LogP contribution in [0.5, 0.6) is 0 Å². The fourth-order valence-electron chi connectivity index (χ4n) is 3.86. The van der Waals surface area contributed by atoms with Crippen LogP contribution >= 0.6 is 12.0 Å². The fraction of sp³-hybridized carbons (Fsp3) is 0. The Hall–Kier alpha value is -3.94. The minimum Gasteiger partial charge on any atom is -0.398 e. The zero-order chi connectivity index (χ0) is 25.4. The highest BCUT2D eigenvalue weighted by atomic mass is 32.2. The number of nitrogens with two attached hydrogens (primary N) is 1. The summed E-state index contributed by atoms with van der Waals surface area (Å²) in [6.45, 7) is 0. The molecule has 5 rings (SSSR count). The molecule has 0 saturated carbocycles. The number of Topliss-reactive ketones (excluding diaryl/α,β-unsaturated/α-hetero) is 1. The largest absolute Gasteiger partial charge is 0.398 e. The van der Waals surface area contributed by atoms with Crippen LogP contribution in [0.25, 0.3) is 11.4 Å². The third-order valence-corrected chi connectivity index (χ3v) is 7.01. The van der Waals surface area contributed by atoms with E-state index in [-0.39, 0.29) is 27.5 Å². The van der Waals surface area contributed by atoms with Crippen LogP contribution < -0.4 is 16.5 Å². The number of hydrogen-bond acceptors (Lipinski definition) is 9. The summed E-state index contributed by atoms with van der Waals surface area (Å²) >= 11 is 0.893. The molecule has 3 aromatic rings. The van der Waals surface area contributed by atoms with Crippen molar-refractivity contribution in [3.05, 3.63) is 101 Å². The number of anilines is 1. The van der Waals surface area contributed by atoms with E-state index in [4.69, 9.17) is 19.6 Å². The number of amides is 1. The van der Waals surface area contributed by atoms with Crippen molar-refractivity contribution < 1.29 is 31.9 Å². The molecule has 0 fully saturated rings. The standard InChI is InChI=1S/C24H17N3O7S2/c25-21-17-3-1-2-4-18(17)23(28)20-19(21)24(29)26-22(20)13-5-9-15(10-6-13)35-34-33-27-14-7-11-16(12-8-14)36(30,31)32/h1-12,27H,25H2,(H,26,29)(H,30,31,32). The minimum absolute atomic E-state index is 0.180. The highest BCUT2D eigenvalue weighted by molar-refractivity contribution is 7.94. The molecule has 1 aliphatic carbocycles. The van der Waals surface area contributed by atoms with Crippen molar-refractivity contribution in [1.82, 2.24) is 5.32 Å². The van der Waals surface area contributed by atoms with Crippen LogP contribution in [0.3, 0.4) is 0 Å². The lowest BCUT2D eigenvalue weighted by molar-refractivity contribution is -0.161. The fourth-order valence-corrected chi connectivity index (χ4v) is 4.73. The van der Waals surface area contributed by atoms with Gasteiger partial charge in [0.05, 0.1) is 45.2 Å². The lowest BCUT2D eigenvalue weighted by atomic mass is 9.84. The van der Waals surface area contributed by atoms with Crippen molar-refractivity contribution in [1.29, 1.82) is 0 Å². The molecule has 0 spiro atoms. The Morgan fingerprint density at radius 1 is 0.889 bits per heavy atom. The lowest BCUT2D eigenvalue weighted by Crippen LogP contribution is -2.22. The van der Waals surface area contributed by atoms with Crippen molar-refractivity contribution >= 4 is 50.9 Å². The molecule has 12 heteroatoms. The van der Waals surface area contributed by atoms with Gasteiger partial charge in [-0.1, -0.05) is 36.4 Å². The molecular weight excluding hydrogens is 506 g/mol. The van der Waals surface area contributed by atoms with E-state index in [1.54, 1.807) is 48.5 Å². The molecular formula is C24H17N3O7S2. The Bertz CT molecular complexity index is 1560. The summed E-state index contributed by atoms with van der Waals surface area (Å²) in [6.07, 6.45) is 0. The quantitative estimate of drug-likeness (QED) is 0.119. The number of ketones is 1. The number of hydrogen-bond donors (Lipinski definition) is 4. The molecule has 1 heterocycles. The number of benzene rings is 3. The highest BCUT2D eigenvalue weighted by Crippen LogP contribution is 2.39. The van der Waals surface area contributed by atoms with Gasteiger partial charge in [0.1, 0.15) is 0 Å². The molecule has 5 N–H and O–H groups in total. The molecule has 0 radical (unpaired) electrons. The van der Waals surface area contributed by atoms with Gasteiger partial charge in [0.15, 0.2) is 5.78 Å². The summed E-state index contributed by atoms with van der Waals surface area (Å²) in [5, 5.41) is 2.77. The van der Waals surface area contributed by atoms with E-state index in [0.717, 1.165) is 12.0 Å². The Morgan fingerprint density at radius 2 is 1.56 bits per heavy atom. The van der Waals surface area contributed by atoms with E-state index in [0.29, 0.717) is 33.0 Å². The molecule has 0 saturated heterocycles. The van der Waals surface area contributed by atoms with Crippen LogP contribution in [0.15, 0.2) is 93.7 Å². The third-order valence-electron chi connectivity index (χ3n) is 5.54. The summed E-state index contributed by atoms with van der Waals surface area (Å²) in [5.41, 5.74) is 11.8. The molecule has 1 aliphatic heterocycles. The van der Waals surface area contributed by atoms with Crippen molar-refractivity contribution in [3.8, 4) is 0 Å². The zero-order valence-electron chi connectivity index (χ0n) is 18.2. The second-order valence-electron chi connectivity index (χ2n) is 7.73. The average molecular weight is 524 g/mol. The van der Waals surface area contributed by atoms with Crippen molar-refractivity contribution in [2.75, 3.05) is 5.48 Å². The highest BCUT2D eigenvalue weighted by Gasteiger charge is 2.39. The summed E-state index contributed by atoms with van der Waals surface area (Å²) in [5.74, 6) is -0.694. The molecule has 3 aromatic carbocycles. The van der Waals surface area contributed by atoms with Gasteiger partial charge in [0.25, 0.3) is 16.0 Å². The Morgan fingerprint density at radius 3 is 2.22 bits per heavy atom. The number of carbonyl (C=O) groups excluding carboxylic acids is 2. The predicted molar refractivity (Wildman–Crippen MR) is 131 cm³/mol. The molecule has 0 bridgehead atoms. The van der Waals surface area contributed by atoms with E-state index in [1.165, 1.54) is 24.3 Å². The SMILES string of the molecule is NC1=C2C(=O)NC(c3ccc(SOONc4ccc(S(=O)(=O)O)cc4)cc3)=C2C(=O)c2ccccc21. The van der Waals surface area contributed by atoms with Crippen LogP contribution in [0, 0.1) is 0 Å². The topological polar surface area (TPSA) is 157 Å². The van der Waals surface area contributed by atoms with Gasteiger partial charge >= 0.3 is 0 Å². The first kappa shape index (κ1) is 23.8. The van der Waals surface area contributed by atoms with Crippen LogP contribution in [0.4, 0.5) is 5.69 Å². The first-order valence-corrected chi connectivity index (χ1v) is 12.6. The Labute approximate surface area is 209 Å². The smallest absolute Gasteiger partial charge is 0.294 e. The third kappa shape index (κ3) is 4.39. The maximum absolute atomic E-state index is 13.2. The second-order valence-corrected chi connectivity index (χ2v) is 9.92. The molecule has 182 valence electrons. The number of rotatable bonds is 7. The molecule has 0 aromatic heterocycles. The van der Waals surface area contributed by atoms with Gasteiger partial charge in [-0.15, -0.1) is 9.32 Å². The lowest BCUT2D eigenvalue weighted by Gasteiger charge is -2.18. The van der Waals surface area contributed by atoms with E-state index < -0.39 is 16.0 Å². The molecule has 10 nitrogen and oxygen atoms in total. The first-order chi connectivity index (χ1) is 17.2. The van der Waals surface area contributed by atoms with E-state index in [9.17, 15) is 18.0 Å². The van der Waals surface area contributed by atoms with Gasteiger partial charge in [-0.05, 0) is 42.0 Å². The van der Waals surface area contributed by atoms with Crippen molar-refractivity contribution in [2.24, 2.45) is 5.73 Å². The van der Waals surface area contributed by atoms with Crippen molar-refractivity contribution in [2.45, 2.75) is 9.79 Å². The van der Waals surface area contributed by atoms with Crippen molar-refractivity contribution in [3.63, 3.8) is 0 Å². The van der Waals surface area contributed by atoms with E-state index in [1.807, 2.05) is 0 Å². The normalized spacial score (nSPS) is 15.0. The summed E-state index contributed by atoms with van der Waals surface area (Å²) in [4.78, 5) is 31.1. The van der Waals surface area contributed by atoms with Crippen LogP contribution in [-0.4, -0.2) is 24.7 Å². The second kappa shape index (κ2) is 9.26. The monoisotopic (exact) mass is 523 g/mol. The van der Waals surface area contributed by atoms with Gasteiger partial charge in [-0.25, -0.2) is 5.48 Å². The molecule has 0 atom stereocenters. The zero-order valence-corrected chi connectivity index (χ0v) is 19.9. The first-order valence-electron chi connectivity index (χ1n) is 10.4. The van der Waals surface area contributed by atoms with Gasteiger partial charge in [-0.3, -0.25) is 14.1 Å². The van der Waals surface area contributed by atoms with Gasteiger partial charge in [-0.2, -0.15) is 8.42 Å². The summed E-state index contributed by atoms with van der Waals surface area (Å²) < 4.78 is 36.2. The maximum atomic E-state index is 13.2. The van der Waals surface area contributed by atoms with Gasteiger partial charge in [0, 0.05) is 16.0 Å². The molecule has 0 unspecified atom stereocenters. The van der Waals surface area contributed by atoms with Gasteiger partial charge in [0.2, 0.25) is 0 Å². The predicted octanol–water partition coefficient (Wildman–Crippen LogP) is 3.32. The number of nitrogens with one attached hydrogen (secondary N) is 2. The van der Waals surface area contributed by atoms with Crippen LogP contribution in [-0.2, 0) is 24.2 Å². The van der Waals surface area contributed by atoms with Crippen LogP contribution in [0.1, 0.15) is 21.5 Å². The maximum Gasteiger partial charge on any atom is 0.294 e. The number of carbonyl (C=O) groups is 2. The van der Waals surface area contributed by atoms with Crippen LogP contribution in [0.2, 0.25) is 0 Å². The van der Waals surface area contributed by atoms with Gasteiger partial charge < -0.3 is 11.1 Å². The summed E-state index contributed by atoms with van der Waals surface area (Å²) in [6, 6.07) is 19.0. The number of fused-ring (bicyclic) bond motifs is 2. The average Bonchev–Trinajstić information content (AvgIpc) is 3.23. The molecule has 2 aliphatic rings. The molecule has 36 heavy (non-hydrogen) atoms. The molecule has 1 amide bonds. The minimum atomic E-state index is -4.28.